The van der Waals surface area contributed by atoms with Crippen molar-refractivity contribution in [2.45, 2.75) is 18.9 Å². The summed E-state index contributed by atoms with van der Waals surface area (Å²) >= 11 is 1.20. The number of nitrogens with zero attached hydrogens (tertiary/aromatic N) is 6. The maximum absolute atomic E-state index is 13.3. The number of urea groups is 1. The van der Waals surface area contributed by atoms with Crippen LogP contribution in [-0.2, 0) is 4.79 Å². The maximum Gasteiger partial charge on any atom is 0.332 e. The van der Waals surface area contributed by atoms with Crippen molar-refractivity contribution < 1.29 is 19.1 Å². The summed E-state index contributed by atoms with van der Waals surface area (Å²) < 4.78 is 5.65. The highest BCUT2D eigenvalue weighted by Crippen LogP contribution is 2.45. The van der Waals surface area contributed by atoms with Gasteiger partial charge >= 0.3 is 6.03 Å². The summed E-state index contributed by atoms with van der Waals surface area (Å²) in [6.07, 6.45) is 7.43. The number of piperidine rings is 1. The number of hydrogen-bond acceptors (Lipinski definition) is 9. The van der Waals surface area contributed by atoms with Gasteiger partial charge in [-0.1, -0.05) is 6.58 Å². The second-order valence-corrected chi connectivity index (χ2v) is 9.90. The van der Waals surface area contributed by atoms with E-state index in [1.807, 2.05) is 0 Å². The number of aromatic nitrogens is 4. The van der Waals surface area contributed by atoms with Crippen LogP contribution >= 0.6 is 11.3 Å². The lowest BCUT2D eigenvalue weighted by molar-refractivity contribution is -0.127. The molecule has 39 heavy (non-hydrogen) atoms. The molecule has 196 valence electrons. The summed E-state index contributed by atoms with van der Waals surface area (Å²) in [5.41, 5.74) is 0.971. The fraction of sp³-hybridized carbons (Fsp3) is 0.192. The molecule has 4 amide bonds. The quantitative estimate of drug-likeness (QED) is 0.350. The summed E-state index contributed by atoms with van der Waals surface area (Å²) in [5.74, 6) is 0.634. The molecular formula is C26H22N8O4S. The Kier molecular flexibility index (Phi) is 6.32. The molecule has 4 aromatic rings. The Morgan fingerprint density at radius 3 is 2.87 bits per heavy atom. The van der Waals surface area contributed by atoms with E-state index in [-0.39, 0.29) is 17.9 Å². The first-order valence-corrected chi connectivity index (χ1v) is 13.0. The van der Waals surface area contributed by atoms with Gasteiger partial charge in [0, 0.05) is 37.6 Å². The van der Waals surface area contributed by atoms with Gasteiger partial charge in [0.15, 0.2) is 0 Å². The average Bonchev–Trinajstić information content (AvgIpc) is 3.33. The average molecular weight is 543 g/mol. The third-order valence-electron chi connectivity index (χ3n) is 6.42. The number of anilines is 3. The topological polar surface area (TPSA) is 143 Å². The van der Waals surface area contributed by atoms with Gasteiger partial charge in [-0.25, -0.2) is 19.7 Å². The normalized spacial score (nSPS) is 16.5. The minimum Gasteiger partial charge on any atom is -0.436 e. The molecule has 0 spiro atoms. The number of nitrogens with one attached hydrogen (secondary N) is 2. The molecule has 0 unspecified atom stereocenters. The van der Waals surface area contributed by atoms with E-state index in [9.17, 15) is 14.4 Å². The lowest BCUT2D eigenvalue weighted by Crippen LogP contribution is -2.49. The Balaban J connectivity index is 1.27. The molecule has 1 atom stereocenters. The van der Waals surface area contributed by atoms with Gasteiger partial charge in [0.05, 0.1) is 23.0 Å². The van der Waals surface area contributed by atoms with Crippen LogP contribution in [0.3, 0.4) is 0 Å². The molecule has 0 aromatic carbocycles. The molecule has 12 nitrogen and oxygen atoms in total. The van der Waals surface area contributed by atoms with Crippen molar-refractivity contribution in [3.05, 3.63) is 66.5 Å². The first-order valence-electron chi connectivity index (χ1n) is 12.2. The van der Waals surface area contributed by atoms with E-state index in [1.165, 1.54) is 28.5 Å². The summed E-state index contributed by atoms with van der Waals surface area (Å²) in [5, 5.41) is 14.2. The molecule has 2 aliphatic rings. The molecule has 1 saturated heterocycles. The van der Waals surface area contributed by atoms with Crippen LogP contribution in [0.5, 0.6) is 11.6 Å². The molecule has 0 saturated carbocycles. The van der Waals surface area contributed by atoms with Gasteiger partial charge in [0.25, 0.3) is 5.91 Å². The Bertz CT molecular complexity index is 1590. The third-order valence-corrected chi connectivity index (χ3v) is 7.51. The fourth-order valence-electron chi connectivity index (χ4n) is 4.67. The molecule has 1 fully saturated rings. The van der Waals surface area contributed by atoms with Gasteiger partial charge in [0.1, 0.15) is 21.3 Å². The van der Waals surface area contributed by atoms with Crippen LogP contribution in [-0.4, -0.2) is 62.0 Å². The monoisotopic (exact) mass is 542 g/mol. The minimum atomic E-state index is -0.460. The maximum atomic E-state index is 13.3. The second-order valence-electron chi connectivity index (χ2n) is 8.90. The molecule has 0 bridgehead atoms. The Labute approximate surface area is 226 Å². The molecular weight excluding hydrogens is 520 g/mol. The van der Waals surface area contributed by atoms with Crippen LogP contribution in [0, 0.1) is 0 Å². The molecule has 2 N–H and O–H groups in total. The highest BCUT2D eigenvalue weighted by molar-refractivity contribution is 7.21. The third kappa shape index (κ3) is 4.63. The molecule has 6 heterocycles. The highest BCUT2D eigenvalue weighted by atomic mass is 32.1. The van der Waals surface area contributed by atoms with Gasteiger partial charge in [0.2, 0.25) is 11.8 Å². The van der Waals surface area contributed by atoms with E-state index in [0.717, 1.165) is 12.8 Å². The second kappa shape index (κ2) is 10.1. The largest absolute Gasteiger partial charge is 0.436 e. The zero-order chi connectivity index (χ0) is 26.9. The minimum absolute atomic E-state index is 0.158. The van der Waals surface area contributed by atoms with Crippen molar-refractivity contribution in [1.82, 2.24) is 30.4 Å². The lowest BCUT2D eigenvalue weighted by Gasteiger charge is -2.32. The van der Waals surface area contributed by atoms with E-state index in [4.69, 9.17) is 4.74 Å². The summed E-state index contributed by atoms with van der Waals surface area (Å²) in [4.78, 5) is 51.6. The number of pyridine rings is 2. The molecule has 13 heteroatoms. The number of rotatable bonds is 6. The standard InChI is InChI=1S/C26H22N8O4S/c1-2-20(35)33-12-4-5-15(14-33)30-24(36)23-22-21-17(9-11-27-25(21)39-23)34(26(37)31-22)18-8-7-16(13-28-18)38-19-6-3-10-29-32-19/h2-3,6-11,13,15H,1,4-5,12,14H2,(H,30,36)(H,31,37)/t15-/m1/s1. The first-order chi connectivity index (χ1) is 19.0. The predicted octanol–water partition coefficient (Wildman–Crippen LogP) is 3.86. The van der Waals surface area contributed by atoms with Crippen LogP contribution in [0.4, 0.5) is 22.0 Å². The number of hydrogen-bond donors (Lipinski definition) is 2. The van der Waals surface area contributed by atoms with Crippen LogP contribution < -0.4 is 20.3 Å². The number of likely N-dealkylation sites (tertiary alicyclic amines) is 1. The van der Waals surface area contributed by atoms with Crippen molar-refractivity contribution in [3.63, 3.8) is 0 Å². The van der Waals surface area contributed by atoms with Crippen LogP contribution in [0.1, 0.15) is 22.5 Å². The van der Waals surface area contributed by atoms with Crippen molar-refractivity contribution in [2.24, 2.45) is 0 Å². The van der Waals surface area contributed by atoms with Gasteiger partial charge in [-0.3, -0.25) is 9.59 Å². The predicted molar refractivity (Wildman–Crippen MR) is 144 cm³/mol. The zero-order valence-corrected chi connectivity index (χ0v) is 21.4. The molecule has 6 rings (SSSR count). The molecule has 0 radical (unpaired) electrons. The Morgan fingerprint density at radius 1 is 1.21 bits per heavy atom. The van der Waals surface area contributed by atoms with E-state index in [0.29, 0.717) is 57.0 Å². The van der Waals surface area contributed by atoms with Gasteiger partial charge in [-0.15, -0.1) is 16.4 Å². The fourth-order valence-corrected chi connectivity index (χ4v) is 5.70. The van der Waals surface area contributed by atoms with Crippen LogP contribution in [0.2, 0.25) is 0 Å². The molecule has 2 aliphatic heterocycles. The van der Waals surface area contributed by atoms with E-state index in [1.54, 1.807) is 47.6 Å². The number of ether oxygens (including phenoxy) is 1. The summed E-state index contributed by atoms with van der Waals surface area (Å²) in [6.45, 7) is 4.58. The van der Waals surface area contributed by atoms with Gasteiger partial charge in [-0.05, 0) is 43.2 Å². The van der Waals surface area contributed by atoms with Gasteiger partial charge in [-0.2, -0.15) is 5.10 Å². The number of thiophene rings is 1. The number of carbonyl (C=O) groups excluding carboxylic acids is 3. The summed E-state index contributed by atoms with van der Waals surface area (Å²) in [6, 6.07) is 7.75. The number of amides is 4. The highest BCUT2D eigenvalue weighted by Gasteiger charge is 2.34. The number of carbonyl (C=O) groups is 3. The molecule has 4 aromatic heterocycles. The Morgan fingerprint density at radius 2 is 2.10 bits per heavy atom. The zero-order valence-electron chi connectivity index (χ0n) is 20.5. The van der Waals surface area contributed by atoms with E-state index in [2.05, 4.69) is 37.4 Å². The Hall–Kier alpha value is -4.91. The smallest absolute Gasteiger partial charge is 0.332 e. The van der Waals surface area contributed by atoms with Gasteiger partial charge < -0.3 is 20.3 Å². The van der Waals surface area contributed by atoms with E-state index >= 15 is 0 Å². The van der Waals surface area contributed by atoms with E-state index < -0.39 is 6.03 Å². The SMILES string of the molecule is C=CC(=O)N1CCC[C@@H](NC(=O)c2sc3nccc4c3c2NC(=O)N4c2ccc(Oc3cccnn3)cn2)C1. The molecule has 0 aliphatic carbocycles. The van der Waals surface area contributed by atoms with Crippen molar-refractivity contribution >= 4 is 56.6 Å². The summed E-state index contributed by atoms with van der Waals surface area (Å²) in [7, 11) is 0. The lowest BCUT2D eigenvalue weighted by atomic mass is 10.1. The van der Waals surface area contributed by atoms with Crippen molar-refractivity contribution in [3.8, 4) is 11.6 Å². The van der Waals surface area contributed by atoms with Crippen LogP contribution in [0.25, 0.3) is 10.2 Å². The van der Waals surface area contributed by atoms with Crippen molar-refractivity contribution in [2.75, 3.05) is 23.3 Å². The van der Waals surface area contributed by atoms with Crippen LogP contribution in [0.15, 0.2) is 61.6 Å². The van der Waals surface area contributed by atoms with Crippen molar-refractivity contribution in [1.29, 1.82) is 0 Å². The first kappa shape index (κ1) is 24.4.